The maximum atomic E-state index is 11.5. The van der Waals surface area contributed by atoms with Gasteiger partial charge in [-0.25, -0.2) is 0 Å². The van der Waals surface area contributed by atoms with Crippen LogP contribution in [0.1, 0.15) is 17.4 Å². The molecule has 1 amide bonds. The number of aliphatic hydroxyl groups is 1. The van der Waals surface area contributed by atoms with Crippen molar-refractivity contribution in [2.75, 3.05) is 13.2 Å². The monoisotopic (exact) mass is 228 g/mol. The van der Waals surface area contributed by atoms with Crippen LogP contribution in [0.15, 0.2) is 18.3 Å². The Hall–Kier alpha value is -1.13. The van der Waals surface area contributed by atoms with Gasteiger partial charge in [-0.2, -0.15) is 0 Å². The second-order valence-electron chi connectivity index (χ2n) is 3.36. The second-order valence-corrected chi connectivity index (χ2v) is 3.79. The normalized spacial score (nSPS) is 12.2. The van der Waals surface area contributed by atoms with Gasteiger partial charge in [0.05, 0.1) is 0 Å². The molecule has 1 heterocycles. The molecule has 0 aliphatic rings. The van der Waals surface area contributed by atoms with Crippen LogP contribution in [0.3, 0.4) is 0 Å². The van der Waals surface area contributed by atoms with E-state index in [1.54, 1.807) is 6.07 Å². The van der Waals surface area contributed by atoms with Crippen LogP contribution >= 0.6 is 11.6 Å². The minimum atomic E-state index is -0.280. The van der Waals surface area contributed by atoms with Crippen LogP contribution in [0.2, 0.25) is 5.02 Å². The molecule has 1 aromatic heterocycles. The first-order chi connectivity index (χ1) is 7.13. The summed E-state index contributed by atoms with van der Waals surface area (Å²) in [4.78, 5) is 15.4. The Labute approximate surface area is 93.3 Å². The molecule has 82 valence electrons. The molecule has 1 unspecified atom stereocenters. The van der Waals surface area contributed by atoms with Gasteiger partial charge in [-0.3, -0.25) is 9.78 Å². The maximum Gasteiger partial charge on any atom is 0.269 e. The molecule has 1 rings (SSSR count). The molecule has 0 saturated heterocycles. The van der Waals surface area contributed by atoms with Crippen LogP contribution in [-0.2, 0) is 0 Å². The third kappa shape index (κ3) is 3.85. The summed E-state index contributed by atoms with van der Waals surface area (Å²) in [7, 11) is 0. The van der Waals surface area contributed by atoms with Gasteiger partial charge in [0.2, 0.25) is 0 Å². The molecule has 0 saturated carbocycles. The number of rotatable bonds is 4. The van der Waals surface area contributed by atoms with Crippen LogP contribution in [0.4, 0.5) is 0 Å². The van der Waals surface area contributed by atoms with E-state index in [0.717, 1.165) is 0 Å². The molecular formula is C10H13ClN2O2. The van der Waals surface area contributed by atoms with Crippen molar-refractivity contribution >= 4 is 17.5 Å². The lowest BCUT2D eigenvalue weighted by atomic mass is 10.2. The fourth-order valence-electron chi connectivity index (χ4n) is 0.951. The Morgan fingerprint density at radius 1 is 1.73 bits per heavy atom. The lowest BCUT2D eigenvalue weighted by molar-refractivity contribution is 0.0937. The number of hydrogen-bond acceptors (Lipinski definition) is 3. The lowest BCUT2D eigenvalue weighted by Crippen LogP contribution is -2.30. The van der Waals surface area contributed by atoms with E-state index in [9.17, 15) is 4.79 Å². The zero-order valence-corrected chi connectivity index (χ0v) is 9.16. The average Bonchev–Trinajstić information content (AvgIpc) is 2.25. The van der Waals surface area contributed by atoms with Crippen molar-refractivity contribution in [2.45, 2.75) is 6.92 Å². The predicted octanol–water partition coefficient (Wildman–Crippen LogP) is 1.09. The number of aliphatic hydroxyl groups excluding tert-OH is 1. The van der Waals surface area contributed by atoms with Gasteiger partial charge in [-0.1, -0.05) is 18.5 Å². The topological polar surface area (TPSA) is 62.2 Å². The molecule has 5 heteroatoms. The Bertz CT molecular complexity index is 344. The summed E-state index contributed by atoms with van der Waals surface area (Å²) in [6.07, 6.45) is 1.48. The molecule has 15 heavy (non-hydrogen) atoms. The van der Waals surface area contributed by atoms with Gasteiger partial charge < -0.3 is 10.4 Å². The van der Waals surface area contributed by atoms with Crippen molar-refractivity contribution in [3.63, 3.8) is 0 Å². The van der Waals surface area contributed by atoms with Crippen molar-refractivity contribution in [3.8, 4) is 0 Å². The van der Waals surface area contributed by atoms with Crippen LogP contribution < -0.4 is 5.32 Å². The first-order valence-corrected chi connectivity index (χ1v) is 5.02. The highest BCUT2D eigenvalue weighted by Crippen LogP contribution is 2.07. The maximum absolute atomic E-state index is 11.5. The SMILES string of the molecule is CC(CO)CNC(=O)c1cc(Cl)ccn1. The molecule has 0 aromatic carbocycles. The summed E-state index contributed by atoms with van der Waals surface area (Å²) in [5.74, 6) is -0.245. The van der Waals surface area contributed by atoms with Crippen LogP contribution in [0.5, 0.6) is 0 Å². The predicted molar refractivity (Wildman–Crippen MR) is 57.8 cm³/mol. The number of nitrogens with one attached hydrogen (secondary N) is 1. The average molecular weight is 229 g/mol. The molecule has 1 aromatic rings. The number of hydrogen-bond donors (Lipinski definition) is 2. The van der Waals surface area contributed by atoms with Crippen LogP contribution in [0.25, 0.3) is 0 Å². The summed E-state index contributed by atoms with van der Waals surface area (Å²) in [5.41, 5.74) is 0.285. The standard InChI is InChI=1S/C10H13ClN2O2/c1-7(6-14)5-13-10(15)9-4-8(11)2-3-12-9/h2-4,7,14H,5-6H2,1H3,(H,13,15). The van der Waals surface area contributed by atoms with Gasteiger partial charge in [0.1, 0.15) is 5.69 Å². The zero-order valence-electron chi connectivity index (χ0n) is 8.40. The summed E-state index contributed by atoms with van der Waals surface area (Å²) < 4.78 is 0. The van der Waals surface area contributed by atoms with Crippen molar-refractivity contribution in [1.82, 2.24) is 10.3 Å². The fraction of sp³-hybridized carbons (Fsp3) is 0.400. The first kappa shape index (κ1) is 11.9. The van der Waals surface area contributed by atoms with Gasteiger partial charge in [-0.05, 0) is 18.1 Å². The van der Waals surface area contributed by atoms with Crippen LogP contribution in [0, 0.1) is 5.92 Å². The van der Waals surface area contributed by atoms with Crippen molar-refractivity contribution in [2.24, 2.45) is 5.92 Å². The number of aromatic nitrogens is 1. The summed E-state index contributed by atoms with van der Waals surface area (Å²) in [6, 6.07) is 3.11. The molecule has 4 nitrogen and oxygen atoms in total. The van der Waals surface area contributed by atoms with Gasteiger partial charge in [0, 0.05) is 24.4 Å². The van der Waals surface area contributed by atoms with Gasteiger partial charge >= 0.3 is 0 Å². The Morgan fingerprint density at radius 2 is 2.47 bits per heavy atom. The van der Waals surface area contributed by atoms with Crippen LogP contribution in [-0.4, -0.2) is 29.1 Å². The van der Waals surface area contributed by atoms with E-state index >= 15 is 0 Å². The first-order valence-electron chi connectivity index (χ1n) is 4.64. The zero-order chi connectivity index (χ0) is 11.3. The van der Waals surface area contributed by atoms with Crippen molar-refractivity contribution in [3.05, 3.63) is 29.0 Å². The van der Waals surface area contributed by atoms with E-state index in [2.05, 4.69) is 10.3 Å². The molecule has 0 radical (unpaired) electrons. The van der Waals surface area contributed by atoms with Gasteiger partial charge in [-0.15, -0.1) is 0 Å². The quantitative estimate of drug-likeness (QED) is 0.811. The number of halogens is 1. The fourth-order valence-corrected chi connectivity index (χ4v) is 1.11. The number of amides is 1. The molecule has 1 atom stereocenters. The lowest BCUT2D eigenvalue weighted by Gasteiger charge is -2.08. The molecule has 0 aliphatic heterocycles. The third-order valence-corrected chi connectivity index (χ3v) is 2.11. The van der Waals surface area contributed by atoms with Crippen molar-refractivity contribution < 1.29 is 9.90 Å². The Morgan fingerprint density at radius 3 is 3.07 bits per heavy atom. The molecule has 0 bridgehead atoms. The molecule has 0 spiro atoms. The highest BCUT2D eigenvalue weighted by atomic mass is 35.5. The molecule has 0 aliphatic carbocycles. The highest BCUT2D eigenvalue weighted by Gasteiger charge is 2.08. The minimum absolute atomic E-state index is 0.0353. The number of pyridine rings is 1. The van der Waals surface area contributed by atoms with E-state index in [-0.39, 0.29) is 24.1 Å². The van der Waals surface area contributed by atoms with E-state index < -0.39 is 0 Å². The second kappa shape index (κ2) is 5.68. The van der Waals surface area contributed by atoms with Crippen molar-refractivity contribution in [1.29, 1.82) is 0 Å². The number of carbonyl (C=O) groups excluding carboxylic acids is 1. The Balaban J connectivity index is 2.54. The molecular weight excluding hydrogens is 216 g/mol. The van der Waals surface area contributed by atoms with E-state index in [1.807, 2.05) is 6.92 Å². The summed E-state index contributed by atoms with van der Waals surface area (Å²) in [6.45, 7) is 2.30. The molecule has 2 N–H and O–H groups in total. The van der Waals surface area contributed by atoms with E-state index in [4.69, 9.17) is 16.7 Å². The number of carbonyl (C=O) groups is 1. The number of nitrogens with zero attached hydrogens (tertiary/aromatic N) is 1. The van der Waals surface area contributed by atoms with E-state index in [1.165, 1.54) is 12.3 Å². The molecule has 0 fully saturated rings. The van der Waals surface area contributed by atoms with Gasteiger partial charge in [0.15, 0.2) is 0 Å². The summed E-state index contributed by atoms with van der Waals surface area (Å²) in [5, 5.41) is 11.9. The Kier molecular flexibility index (Phi) is 4.52. The minimum Gasteiger partial charge on any atom is -0.396 e. The summed E-state index contributed by atoms with van der Waals surface area (Å²) >= 11 is 5.72. The highest BCUT2D eigenvalue weighted by molar-refractivity contribution is 6.30. The van der Waals surface area contributed by atoms with E-state index in [0.29, 0.717) is 11.6 Å². The third-order valence-electron chi connectivity index (χ3n) is 1.88. The smallest absolute Gasteiger partial charge is 0.269 e. The van der Waals surface area contributed by atoms with Gasteiger partial charge in [0.25, 0.3) is 5.91 Å². The largest absolute Gasteiger partial charge is 0.396 e.